The molecule has 0 N–H and O–H groups in total. The molecule has 0 radical (unpaired) electrons. The average Bonchev–Trinajstić information content (AvgIpc) is 3.45. The average molecular weight is 624 g/mol. The number of methoxy groups -OCH3 is 1. The van der Waals surface area contributed by atoms with Crippen LogP contribution in [0.1, 0.15) is 67.2 Å². The molecule has 254 valence electrons. The van der Waals surface area contributed by atoms with E-state index in [9.17, 15) is 9.59 Å². The number of rotatable bonds is 7. The molecule has 0 spiro atoms. The number of cyclic esters (lactones) is 1. The van der Waals surface area contributed by atoms with Crippen LogP contribution >= 0.6 is 0 Å². The monoisotopic (exact) mass is 623 g/mol. The Labute approximate surface area is 266 Å². The van der Waals surface area contributed by atoms with Crippen LogP contribution in [0.5, 0.6) is 0 Å². The maximum Gasteiger partial charge on any atom is 0.319 e. The number of likely N-dealkylation sites (tertiary alicyclic amines) is 1. The van der Waals surface area contributed by atoms with Gasteiger partial charge in [0, 0.05) is 70.2 Å². The summed E-state index contributed by atoms with van der Waals surface area (Å²) in [5, 5.41) is 0. The third-order valence-corrected chi connectivity index (χ3v) is 10.9. The van der Waals surface area contributed by atoms with Gasteiger partial charge in [-0.25, -0.2) is 0 Å². The van der Waals surface area contributed by atoms with Gasteiger partial charge in [-0.15, -0.1) is 0 Å². The lowest BCUT2D eigenvalue weighted by Crippen LogP contribution is -2.59. The van der Waals surface area contributed by atoms with Crippen LogP contribution in [-0.2, 0) is 33.3 Å². The van der Waals surface area contributed by atoms with Gasteiger partial charge in [0.1, 0.15) is 12.0 Å². The fraction of sp³-hybridized carbons (Fsp3) is 0.941. The number of ether oxygens (including phenoxy) is 5. The predicted molar refractivity (Wildman–Crippen MR) is 169 cm³/mol. The summed E-state index contributed by atoms with van der Waals surface area (Å²) in [6, 6.07) is 0.380. The van der Waals surface area contributed by atoms with E-state index in [0.717, 1.165) is 52.2 Å². The number of Topliss-reactive ketones (excluding diaryl/α,β-unsaturated/α-hetero) is 1. The molecule has 4 saturated heterocycles. The zero-order valence-electron chi connectivity index (χ0n) is 29.2. The molecule has 0 aliphatic carbocycles. The summed E-state index contributed by atoms with van der Waals surface area (Å²) in [6.45, 7) is 17.4. The van der Waals surface area contributed by atoms with Crippen molar-refractivity contribution >= 4 is 11.8 Å². The number of nitrogens with zero attached hydrogens (tertiary/aromatic N) is 3. The summed E-state index contributed by atoms with van der Waals surface area (Å²) in [7, 11) is 8.00. The van der Waals surface area contributed by atoms with Crippen LogP contribution < -0.4 is 0 Å². The molecule has 10 nitrogen and oxygen atoms in total. The highest BCUT2D eigenvalue weighted by Gasteiger charge is 2.51. The maximum atomic E-state index is 14.2. The SMILES string of the molecule is CO[C@]1(C)C[C@@H](C)CN(C)C(C2CN(CC3CCOC3)C2)COC(=O)C(C)(C)C(=O)[C@H](C)[C@H]1O[C@H]1C[C@@H](N(C)C)C[C@@H](C)O1. The first kappa shape index (κ1) is 35.7. The number of esters is 1. The number of carbonyl (C=O) groups is 2. The summed E-state index contributed by atoms with van der Waals surface area (Å²) in [4.78, 5) is 34.9. The van der Waals surface area contributed by atoms with E-state index in [1.807, 2.05) is 13.8 Å². The molecule has 2 unspecified atom stereocenters. The Balaban J connectivity index is 1.56. The standard InChI is InChI=1S/C34H61N3O7/c1-22-15-34(6,40-10)31(44-29-14-27(35(7)8)13-23(2)43-29)24(3)30(38)33(4,5)32(39)42-21-28(36(9)16-22)26-18-37(19-26)17-25-11-12-41-20-25/h22-29,31H,11-21H2,1-10H3/t22-,23-,24+,25?,27+,28?,29+,31-,34-/m1/s1. The van der Waals surface area contributed by atoms with Gasteiger partial charge < -0.3 is 33.5 Å². The molecule has 4 fully saturated rings. The Hall–Kier alpha value is -1.14. The van der Waals surface area contributed by atoms with Crippen molar-refractivity contribution in [3.63, 3.8) is 0 Å². The van der Waals surface area contributed by atoms with Gasteiger partial charge in [-0.05, 0) is 79.9 Å². The molecular weight excluding hydrogens is 562 g/mol. The quantitative estimate of drug-likeness (QED) is 0.311. The van der Waals surface area contributed by atoms with Gasteiger partial charge in [0.2, 0.25) is 0 Å². The lowest BCUT2D eigenvalue weighted by Gasteiger charge is -2.47. The van der Waals surface area contributed by atoms with Crippen LogP contribution in [0.25, 0.3) is 0 Å². The van der Waals surface area contributed by atoms with Crippen molar-refractivity contribution in [3.05, 3.63) is 0 Å². The van der Waals surface area contributed by atoms with E-state index >= 15 is 0 Å². The molecule has 4 aliphatic heterocycles. The van der Waals surface area contributed by atoms with Crippen molar-refractivity contribution in [2.24, 2.45) is 29.1 Å². The second-order valence-corrected chi connectivity index (χ2v) is 15.4. The van der Waals surface area contributed by atoms with E-state index in [1.165, 1.54) is 0 Å². The molecule has 0 aromatic rings. The number of carbonyl (C=O) groups excluding carboxylic acids is 2. The minimum atomic E-state index is -1.33. The molecule has 10 heteroatoms. The first-order chi connectivity index (χ1) is 20.6. The predicted octanol–water partition coefficient (Wildman–Crippen LogP) is 3.32. The van der Waals surface area contributed by atoms with Crippen LogP contribution in [0.15, 0.2) is 0 Å². The summed E-state index contributed by atoms with van der Waals surface area (Å²) in [5.74, 6) is -0.0646. The van der Waals surface area contributed by atoms with Crippen LogP contribution in [-0.4, -0.2) is 137 Å². The summed E-state index contributed by atoms with van der Waals surface area (Å²) in [6.07, 6.45) is 2.38. The zero-order chi connectivity index (χ0) is 32.4. The fourth-order valence-corrected chi connectivity index (χ4v) is 8.10. The highest BCUT2D eigenvalue weighted by atomic mass is 16.7. The van der Waals surface area contributed by atoms with Crippen molar-refractivity contribution in [3.8, 4) is 0 Å². The molecule has 4 rings (SSSR count). The van der Waals surface area contributed by atoms with E-state index in [4.69, 9.17) is 23.7 Å². The van der Waals surface area contributed by atoms with Crippen molar-refractivity contribution in [1.29, 1.82) is 0 Å². The Bertz CT molecular complexity index is 967. The van der Waals surface area contributed by atoms with E-state index < -0.39 is 35.3 Å². The Morgan fingerprint density at radius 3 is 2.34 bits per heavy atom. The molecule has 44 heavy (non-hydrogen) atoms. The van der Waals surface area contributed by atoms with Crippen LogP contribution in [0.4, 0.5) is 0 Å². The van der Waals surface area contributed by atoms with E-state index in [1.54, 1.807) is 21.0 Å². The zero-order valence-corrected chi connectivity index (χ0v) is 29.2. The second kappa shape index (κ2) is 14.7. The highest BCUT2D eigenvalue weighted by molar-refractivity contribution is 6.04. The van der Waals surface area contributed by atoms with Gasteiger partial charge >= 0.3 is 5.97 Å². The highest BCUT2D eigenvalue weighted by Crippen LogP contribution is 2.38. The summed E-state index contributed by atoms with van der Waals surface area (Å²) >= 11 is 0. The number of ketones is 1. The van der Waals surface area contributed by atoms with Gasteiger partial charge in [-0.2, -0.15) is 0 Å². The molecule has 0 aromatic carbocycles. The van der Waals surface area contributed by atoms with Gasteiger partial charge in [-0.3, -0.25) is 14.5 Å². The lowest BCUT2D eigenvalue weighted by atomic mass is 9.74. The first-order valence-electron chi connectivity index (χ1n) is 16.9. The molecule has 0 amide bonds. The van der Waals surface area contributed by atoms with Crippen molar-refractivity contribution in [2.75, 3.05) is 74.3 Å². The van der Waals surface area contributed by atoms with Gasteiger partial charge in [0.15, 0.2) is 12.1 Å². The van der Waals surface area contributed by atoms with E-state index in [2.05, 4.69) is 49.7 Å². The minimum absolute atomic E-state index is 0.0283. The van der Waals surface area contributed by atoms with Crippen molar-refractivity contribution < 1.29 is 33.3 Å². The number of hydrogen-bond donors (Lipinski definition) is 0. The van der Waals surface area contributed by atoms with Gasteiger partial charge in [0.05, 0.1) is 24.4 Å². The van der Waals surface area contributed by atoms with Gasteiger partial charge in [-0.1, -0.05) is 13.8 Å². The summed E-state index contributed by atoms with van der Waals surface area (Å²) in [5.41, 5.74) is -2.12. The lowest BCUT2D eigenvalue weighted by molar-refractivity contribution is -0.263. The molecule has 4 aliphatic rings. The molecule has 0 saturated carbocycles. The number of likely N-dealkylation sites (N-methyl/N-ethyl adjacent to an activating group) is 1. The molecule has 9 atom stereocenters. The third-order valence-electron chi connectivity index (χ3n) is 10.9. The van der Waals surface area contributed by atoms with Crippen LogP contribution in [0.2, 0.25) is 0 Å². The molecular formula is C34H61N3O7. The fourth-order valence-electron chi connectivity index (χ4n) is 8.10. The Morgan fingerprint density at radius 1 is 1.02 bits per heavy atom. The summed E-state index contributed by atoms with van der Waals surface area (Å²) < 4.78 is 30.9. The minimum Gasteiger partial charge on any atom is -0.463 e. The Kier molecular flexibility index (Phi) is 12.0. The third kappa shape index (κ3) is 8.22. The maximum absolute atomic E-state index is 14.2. The molecule has 0 bridgehead atoms. The molecule has 0 aromatic heterocycles. The normalized spacial score (nSPS) is 40.6. The first-order valence-corrected chi connectivity index (χ1v) is 16.9. The van der Waals surface area contributed by atoms with Crippen molar-refractivity contribution in [1.82, 2.24) is 14.7 Å². The Morgan fingerprint density at radius 2 is 1.73 bits per heavy atom. The smallest absolute Gasteiger partial charge is 0.319 e. The largest absolute Gasteiger partial charge is 0.463 e. The van der Waals surface area contributed by atoms with E-state index in [0.29, 0.717) is 30.7 Å². The van der Waals surface area contributed by atoms with E-state index in [-0.39, 0.29) is 30.5 Å². The van der Waals surface area contributed by atoms with Crippen molar-refractivity contribution in [2.45, 2.75) is 103 Å². The number of hydrogen-bond acceptors (Lipinski definition) is 10. The van der Waals surface area contributed by atoms with Crippen LogP contribution in [0.3, 0.4) is 0 Å². The second-order valence-electron chi connectivity index (χ2n) is 15.4. The molecule has 4 heterocycles. The topological polar surface area (TPSA) is 90.0 Å². The van der Waals surface area contributed by atoms with Gasteiger partial charge in [0.25, 0.3) is 0 Å². The van der Waals surface area contributed by atoms with Crippen LogP contribution in [0, 0.1) is 29.1 Å².